The number of nitrogens with one attached hydrogen (secondary N) is 1. The van der Waals surface area contributed by atoms with E-state index in [0.29, 0.717) is 32.4 Å². The highest BCUT2D eigenvalue weighted by Gasteiger charge is 2.29. The summed E-state index contributed by atoms with van der Waals surface area (Å²) in [6, 6.07) is -0.989. The van der Waals surface area contributed by atoms with Crippen molar-refractivity contribution in [3.05, 3.63) is 12.7 Å². The van der Waals surface area contributed by atoms with Gasteiger partial charge in [-0.15, -0.1) is 0 Å². The number of likely N-dealkylation sites (tertiary alicyclic amines) is 1. The quantitative estimate of drug-likeness (QED) is 0.751. The smallest absolute Gasteiger partial charge is 0.408 e. The SMILES string of the molecule is C=CC(=O)N1CCC(C[C@H](NC(=O)OC(C)(C)C)C(=O)O)CC1. The van der Waals surface area contributed by atoms with Gasteiger partial charge in [-0.3, -0.25) is 4.79 Å². The molecule has 1 saturated heterocycles. The van der Waals surface area contributed by atoms with Crippen LogP contribution in [0.25, 0.3) is 0 Å². The predicted molar refractivity (Wildman–Crippen MR) is 84.9 cm³/mol. The van der Waals surface area contributed by atoms with Crippen LogP contribution in [-0.4, -0.2) is 52.7 Å². The van der Waals surface area contributed by atoms with Gasteiger partial charge in [0.05, 0.1) is 0 Å². The lowest BCUT2D eigenvalue weighted by Gasteiger charge is -2.32. The van der Waals surface area contributed by atoms with Crippen LogP contribution in [0.15, 0.2) is 12.7 Å². The Morgan fingerprint density at radius 3 is 2.35 bits per heavy atom. The van der Waals surface area contributed by atoms with Crippen molar-refractivity contribution in [3.63, 3.8) is 0 Å². The van der Waals surface area contributed by atoms with Gasteiger partial charge in [-0.05, 0) is 52.0 Å². The summed E-state index contributed by atoms with van der Waals surface area (Å²) in [5, 5.41) is 11.7. The zero-order valence-electron chi connectivity index (χ0n) is 14.0. The maximum atomic E-state index is 11.7. The Kier molecular flexibility index (Phi) is 6.60. The Bertz CT molecular complexity index is 462. The number of aliphatic carboxylic acids is 1. The van der Waals surface area contributed by atoms with Crippen LogP contribution in [0.3, 0.4) is 0 Å². The molecular weight excluding hydrogens is 300 g/mol. The molecule has 0 bridgehead atoms. The third kappa shape index (κ3) is 6.71. The molecule has 1 fully saturated rings. The highest BCUT2D eigenvalue weighted by atomic mass is 16.6. The normalized spacial score (nSPS) is 17.3. The molecule has 0 aliphatic carbocycles. The first-order valence-corrected chi connectivity index (χ1v) is 7.76. The number of carboxylic acids is 1. The Morgan fingerprint density at radius 2 is 1.91 bits per heavy atom. The van der Waals surface area contributed by atoms with Crippen molar-refractivity contribution < 1.29 is 24.2 Å². The van der Waals surface area contributed by atoms with Gasteiger partial charge in [-0.2, -0.15) is 0 Å². The van der Waals surface area contributed by atoms with Crippen LogP contribution in [0.1, 0.15) is 40.0 Å². The molecule has 0 radical (unpaired) electrons. The van der Waals surface area contributed by atoms with E-state index >= 15 is 0 Å². The van der Waals surface area contributed by atoms with E-state index in [1.54, 1.807) is 25.7 Å². The number of rotatable bonds is 5. The molecule has 1 aliphatic rings. The number of amides is 2. The number of alkyl carbamates (subject to hydrolysis) is 1. The van der Waals surface area contributed by atoms with Crippen molar-refractivity contribution >= 4 is 18.0 Å². The lowest BCUT2D eigenvalue weighted by atomic mass is 9.90. The van der Waals surface area contributed by atoms with E-state index in [1.807, 2.05) is 0 Å². The molecule has 1 heterocycles. The molecule has 1 atom stereocenters. The summed E-state index contributed by atoms with van der Waals surface area (Å²) < 4.78 is 5.09. The fourth-order valence-corrected chi connectivity index (χ4v) is 2.52. The fraction of sp³-hybridized carbons (Fsp3) is 0.688. The number of ether oxygens (including phenoxy) is 1. The summed E-state index contributed by atoms with van der Waals surface area (Å²) in [7, 11) is 0. The van der Waals surface area contributed by atoms with Gasteiger partial charge in [-0.25, -0.2) is 9.59 Å². The first-order valence-electron chi connectivity index (χ1n) is 7.76. The van der Waals surface area contributed by atoms with Gasteiger partial charge in [0, 0.05) is 13.1 Å². The topological polar surface area (TPSA) is 95.9 Å². The summed E-state index contributed by atoms with van der Waals surface area (Å²) in [5.74, 6) is -1.05. The standard InChI is InChI=1S/C16H26N2O5/c1-5-13(19)18-8-6-11(7-9-18)10-12(14(20)21)17-15(22)23-16(2,3)4/h5,11-12H,1,6-10H2,2-4H3,(H,17,22)(H,20,21)/t12-/m0/s1. The molecule has 2 N–H and O–H groups in total. The first kappa shape index (κ1) is 19.0. The lowest BCUT2D eigenvalue weighted by Crippen LogP contribution is -2.46. The number of hydrogen-bond acceptors (Lipinski definition) is 4. The Hall–Kier alpha value is -2.05. The Morgan fingerprint density at radius 1 is 1.35 bits per heavy atom. The maximum Gasteiger partial charge on any atom is 0.408 e. The molecule has 0 unspecified atom stereocenters. The predicted octanol–water partition coefficient (Wildman–Crippen LogP) is 1.78. The second-order valence-electron chi connectivity index (χ2n) is 6.75. The van der Waals surface area contributed by atoms with Gasteiger partial charge in [0.1, 0.15) is 11.6 Å². The number of carbonyl (C=O) groups is 3. The van der Waals surface area contributed by atoms with Gasteiger partial charge < -0.3 is 20.1 Å². The van der Waals surface area contributed by atoms with Crippen molar-refractivity contribution in [3.8, 4) is 0 Å². The summed E-state index contributed by atoms with van der Waals surface area (Å²) in [6.45, 7) is 9.76. The van der Waals surface area contributed by atoms with Crippen LogP contribution in [-0.2, 0) is 14.3 Å². The van der Waals surface area contributed by atoms with E-state index in [1.165, 1.54) is 6.08 Å². The number of piperidine rings is 1. The third-order valence-corrected chi connectivity index (χ3v) is 3.66. The van der Waals surface area contributed by atoms with Gasteiger partial charge in [0.15, 0.2) is 0 Å². The second-order valence-corrected chi connectivity index (χ2v) is 6.75. The van der Waals surface area contributed by atoms with Crippen molar-refractivity contribution in [1.82, 2.24) is 10.2 Å². The van der Waals surface area contributed by atoms with Gasteiger partial charge in [-0.1, -0.05) is 6.58 Å². The molecule has 0 aromatic rings. The van der Waals surface area contributed by atoms with E-state index in [-0.39, 0.29) is 11.8 Å². The van der Waals surface area contributed by atoms with E-state index in [4.69, 9.17) is 4.74 Å². The number of carbonyl (C=O) groups excluding carboxylic acids is 2. The van der Waals surface area contributed by atoms with Crippen LogP contribution in [0.2, 0.25) is 0 Å². The minimum absolute atomic E-state index is 0.106. The van der Waals surface area contributed by atoms with Crippen molar-refractivity contribution in [2.24, 2.45) is 5.92 Å². The molecule has 0 spiro atoms. The van der Waals surface area contributed by atoms with Gasteiger partial charge in [0.25, 0.3) is 0 Å². The molecule has 2 amide bonds. The highest BCUT2D eigenvalue weighted by molar-refractivity contribution is 5.87. The minimum Gasteiger partial charge on any atom is -0.480 e. The largest absolute Gasteiger partial charge is 0.480 e. The summed E-state index contributed by atoms with van der Waals surface area (Å²) in [6.07, 6.45) is 2.29. The monoisotopic (exact) mass is 326 g/mol. The number of nitrogens with zero attached hydrogens (tertiary/aromatic N) is 1. The van der Waals surface area contributed by atoms with Crippen LogP contribution >= 0.6 is 0 Å². The average Bonchev–Trinajstić information content (AvgIpc) is 2.44. The molecule has 0 aromatic carbocycles. The average molecular weight is 326 g/mol. The van der Waals surface area contributed by atoms with Crippen LogP contribution in [0.5, 0.6) is 0 Å². The summed E-state index contributed by atoms with van der Waals surface area (Å²) >= 11 is 0. The zero-order valence-corrected chi connectivity index (χ0v) is 14.0. The van der Waals surface area contributed by atoms with Crippen molar-refractivity contribution in [2.45, 2.75) is 51.7 Å². The molecule has 0 aromatic heterocycles. The molecule has 1 rings (SSSR count). The van der Waals surface area contributed by atoms with Crippen LogP contribution < -0.4 is 5.32 Å². The third-order valence-electron chi connectivity index (χ3n) is 3.66. The molecule has 23 heavy (non-hydrogen) atoms. The molecule has 130 valence electrons. The Balaban J connectivity index is 2.51. The van der Waals surface area contributed by atoms with Crippen LogP contribution in [0, 0.1) is 5.92 Å². The molecule has 0 saturated carbocycles. The van der Waals surface area contributed by atoms with Crippen molar-refractivity contribution in [2.75, 3.05) is 13.1 Å². The zero-order chi connectivity index (χ0) is 17.6. The van der Waals surface area contributed by atoms with Crippen molar-refractivity contribution in [1.29, 1.82) is 0 Å². The fourth-order valence-electron chi connectivity index (χ4n) is 2.52. The molecule has 1 aliphatic heterocycles. The summed E-state index contributed by atoms with van der Waals surface area (Å²) in [4.78, 5) is 36.3. The van der Waals surface area contributed by atoms with Gasteiger partial charge >= 0.3 is 12.1 Å². The minimum atomic E-state index is -1.08. The number of carboxylic acid groups (broad SMARTS) is 1. The summed E-state index contributed by atoms with van der Waals surface area (Å²) in [5.41, 5.74) is -0.677. The van der Waals surface area contributed by atoms with E-state index < -0.39 is 23.7 Å². The number of hydrogen-bond donors (Lipinski definition) is 2. The maximum absolute atomic E-state index is 11.7. The highest BCUT2D eigenvalue weighted by Crippen LogP contribution is 2.22. The first-order chi connectivity index (χ1) is 10.6. The van der Waals surface area contributed by atoms with E-state index in [9.17, 15) is 19.5 Å². The van der Waals surface area contributed by atoms with E-state index in [0.717, 1.165) is 0 Å². The van der Waals surface area contributed by atoms with Crippen LogP contribution in [0.4, 0.5) is 4.79 Å². The molecular formula is C16H26N2O5. The van der Waals surface area contributed by atoms with Gasteiger partial charge in [0.2, 0.25) is 5.91 Å². The second kappa shape index (κ2) is 7.99. The van der Waals surface area contributed by atoms with E-state index in [2.05, 4.69) is 11.9 Å². The molecule has 7 nitrogen and oxygen atoms in total. The Labute approximate surface area is 136 Å². The lowest BCUT2D eigenvalue weighted by molar-refractivity contribution is -0.140. The molecule has 7 heteroatoms.